The number of alkyl halides is 2. The van der Waals surface area contributed by atoms with Gasteiger partial charge in [-0.25, -0.2) is 0 Å². The molecule has 0 bridgehead atoms. The van der Waals surface area contributed by atoms with Crippen LogP contribution in [0.5, 0.6) is 5.75 Å². The third-order valence-corrected chi connectivity index (χ3v) is 4.93. The standard InChI is InChI=1S/C18H13ClF2N2O4S/c19-13-7-12(4-5-14(13)27-17(20)21)22-16(25)11-3-1-2-10(6-11)8-23-15(24)9-28-18(23)26/h1-7,17H,8-9H2,(H,22,25). The summed E-state index contributed by atoms with van der Waals surface area (Å²) < 4.78 is 28.8. The van der Waals surface area contributed by atoms with Crippen LogP contribution in [0.1, 0.15) is 15.9 Å². The number of amides is 3. The SMILES string of the molecule is O=C(Nc1ccc(OC(F)F)c(Cl)c1)c1cccc(CN2C(=O)CSC2=O)c1. The van der Waals surface area contributed by atoms with E-state index in [0.29, 0.717) is 16.8 Å². The molecule has 1 aliphatic rings. The number of ether oxygens (including phenoxy) is 1. The largest absolute Gasteiger partial charge is 0.433 e. The zero-order valence-electron chi connectivity index (χ0n) is 14.2. The number of thioether (sulfide) groups is 1. The number of benzene rings is 2. The fourth-order valence-corrected chi connectivity index (χ4v) is 3.45. The summed E-state index contributed by atoms with van der Waals surface area (Å²) in [6.07, 6.45) is 0. The molecule has 0 radical (unpaired) electrons. The molecule has 3 rings (SSSR count). The summed E-state index contributed by atoms with van der Waals surface area (Å²) in [6, 6.07) is 10.4. The average molecular weight is 427 g/mol. The molecule has 2 aromatic rings. The van der Waals surface area contributed by atoms with Crippen molar-refractivity contribution in [3.63, 3.8) is 0 Å². The number of halogens is 3. The first-order valence-corrected chi connectivity index (χ1v) is 9.31. The van der Waals surface area contributed by atoms with Crippen LogP contribution in [0.4, 0.5) is 19.3 Å². The van der Waals surface area contributed by atoms with Crippen molar-refractivity contribution < 1.29 is 27.9 Å². The third-order valence-electron chi connectivity index (χ3n) is 3.78. The van der Waals surface area contributed by atoms with E-state index >= 15 is 0 Å². The van der Waals surface area contributed by atoms with Gasteiger partial charge in [-0.1, -0.05) is 35.5 Å². The Morgan fingerprint density at radius 3 is 2.68 bits per heavy atom. The highest BCUT2D eigenvalue weighted by Crippen LogP contribution is 2.29. The van der Waals surface area contributed by atoms with Crippen molar-refractivity contribution in [2.75, 3.05) is 11.1 Å². The molecule has 0 aliphatic carbocycles. The van der Waals surface area contributed by atoms with Crippen LogP contribution in [0.15, 0.2) is 42.5 Å². The Balaban J connectivity index is 1.70. The summed E-state index contributed by atoms with van der Waals surface area (Å²) in [5.74, 6) is -0.820. The number of anilines is 1. The maximum atomic E-state index is 12.4. The number of carbonyl (C=O) groups is 3. The first-order chi connectivity index (χ1) is 13.3. The third kappa shape index (κ3) is 4.79. The fourth-order valence-electron chi connectivity index (χ4n) is 2.50. The van der Waals surface area contributed by atoms with Gasteiger partial charge in [0.15, 0.2) is 0 Å². The van der Waals surface area contributed by atoms with Crippen LogP contribution in [0.3, 0.4) is 0 Å². The Labute approximate surface area is 167 Å². The lowest BCUT2D eigenvalue weighted by Gasteiger charge is -2.14. The van der Waals surface area contributed by atoms with Gasteiger partial charge in [-0.15, -0.1) is 0 Å². The van der Waals surface area contributed by atoms with E-state index in [4.69, 9.17) is 11.6 Å². The van der Waals surface area contributed by atoms with Crippen molar-refractivity contribution >= 4 is 46.1 Å². The van der Waals surface area contributed by atoms with Crippen molar-refractivity contribution in [3.05, 3.63) is 58.6 Å². The maximum absolute atomic E-state index is 12.4. The fraction of sp³-hybridized carbons (Fsp3) is 0.167. The summed E-state index contributed by atoms with van der Waals surface area (Å²) in [5.41, 5.74) is 1.21. The van der Waals surface area contributed by atoms with Gasteiger partial charge >= 0.3 is 6.61 Å². The first kappa shape index (κ1) is 20.1. The van der Waals surface area contributed by atoms with E-state index in [9.17, 15) is 23.2 Å². The molecule has 2 aromatic carbocycles. The van der Waals surface area contributed by atoms with E-state index in [0.717, 1.165) is 16.7 Å². The van der Waals surface area contributed by atoms with Crippen LogP contribution in [-0.4, -0.2) is 34.3 Å². The molecule has 0 saturated carbocycles. The second kappa shape index (κ2) is 8.57. The normalized spacial score (nSPS) is 13.9. The molecule has 3 amide bonds. The zero-order chi connectivity index (χ0) is 20.3. The quantitative estimate of drug-likeness (QED) is 0.741. The van der Waals surface area contributed by atoms with Crippen molar-refractivity contribution in [2.45, 2.75) is 13.2 Å². The van der Waals surface area contributed by atoms with Gasteiger partial charge in [-0.2, -0.15) is 8.78 Å². The molecule has 1 heterocycles. The van der Waals surface area contributed by atoms with E-state index in [1.165, 1.54) is 18.2 Å². The van der Waals surface area contributed by atoms with Crippen molar-refractivity contribution in [3.8, 4) is 5.75 Å². The molecule has 0 spiro atoms. The van der Waals surface area contributed by atoms with Crippen LogP contribution >= 0.6 is 23.4 Å². The highest BCUT2D eigenvalue weighted by atomic mass is 35.5. The molecule has 0 atom stereocenters. The van der Waals surface area contributed by atoms with Crippen LogP contribution in [0, 0.1) is 0 Å². The van der Waals surface area contributed by atoms with Crippen LogP contribution < -0.4 is 10.1 Å². The molecule has 0 unspecified atom stereocenters. The van der Waals surface area contributed by atoms with Gasteiger partial charge in [0, 0.05) is 11.3 Å². The van der Waals surface area contributed by atoms with Gasteiger partial charge in [0.2, 0.25) is 5.91 Å². The molecule has 1 fully saturated rings. The topological polar surface area (TPSA) is 75.7 Å². The lowest BCUT2D eigenvalue weighted by Crippen LogP contribution is -2.28. The van der Waals surface area contributed by atoms with Gasteiger partial charge in [0.25, 0.3) is 11.1 Å². The van der Waals surface area contributed by atoms with E-state index in [2.05, 4.69) is 10.1 Å². The zero-order valence-corrected chi connectivity index (χ0v) is 15.7. The Hall–Kier alpha value is -2.65. The van der Waals surface area contributed by atoms with Crippen LogP contribution in [-0.2, 0) is 11.3 Å². The van der Waals surface area contributed by atoms with E-state index in [1.807, 2.05) is 0 Å². The highest BCUT2D eigenvalue weighted by Gasteiger charge is 2.29. The minimum Gasteiger partial charge on any atom is -0.433 e. The molecule has 0 aromatic heterocycles. The summed E-state index contributed by atoms with van der Waals surface area (Å²) in [5, 5.41) is 2.21. The van der Waals surface area contributed by atoms with E-state index in [1.54, 1.807) is 24.3 Å². The number of nitrogens with zero attached hydrogens (tertiary/aromatic N) is 1. The molecule has 6 nitrogen and oxygen atoms in total. The number of nitrogens with one attached hydrogen (secondary N) is 1. The second-order valence-corrected chi connectivity index (χ2v) is 7.05. The molecule has 1 aliphatic heterocycles. The number of rotatable bonds is 6. The Bertz CT molecular complexity index is 926. The monoisotopic (exact) mass is 426 g/mol. The number of hydrogen-bond donors (Lipinski definition) is 1. The number of hydrogen-bond acceptors (Lipinski definition) is 5. The molecule has 1 saturated heterocycles. The minimum atomic E-state index is -3.01. The summed E-state index contributed by atoms with van der Waals surface area (Å²) in [4.78, 5) is 37.0. The maximum Gasteiger partial charge on any atom is 0.387 e. The second-order valence-electron chi connectivity index (χ2n) is 5.71. The molecule has 146 valence electrons. The number of imide groups is 1. The molecule has 28 heavy (non-hydrogen) atoms. The van der Waals surface area contributed by atoms with Gasteiger partial charge in [0.05, 0.1) is 17.3 Å². The van der Waals surface area contributed by atoms with Gasteiger partial charge in [0.1, 0.15) is 5.75 Å². The van der Waals surface area contributed by atoms with Crippen LogP contribution in [0.25, 0.3) is 0 Å². The van der Waals surface area contributed by atoms with Gasteiger partial charge in [-0.3, -0.25) is 19.3 Å². The van der Waals surface area contributed by atoms with E-state index < -0.39 is 12.5 Å². The Kier molecular flexibility index (Phi) is 6.15. The van der Waals surface area contributed by atoms with Crippen molar-refractivity contribution in [1.29, 1.82) is 0 Å². The summed E-state index contributed by atoms with van der Waals surface area (Å²) in [7, 11) is 0. The first-order valence-electron chi connectivity index (χ1n) is 7.95. The lowest BCUT2D eigenvalue weighted by molar-refractivity contribution is -0.125. The van der Waals surface area contributed by atoms with Gasteiger partial charge in [-0.05, 0) is 35.9 Å². The smallest absolute Gasteiger partial charge is 0.387 e. The predicted octanol–water partition coefficient (Wildman–Crippen LogP) is 4.39. The molecular formula is C18H13ClF2N2O4S. The molecular weight excluding hydrogens is 414 g/mol. The van der Waals surface area contributed by atoms with Crippen LogP contribution in [0.2, 0.25) is 5.02 Å². The summed E-state index contributed by atoms with van der Waals surface area (Å²) in [6.45, 7) is -2.93. The van der Waals surface area contributed by atoms with Crippen molar-refractivity contribution in [1.82, 2.24) is 4.90 Å². The number of carbonyl (C=O) groups excluding carboxylic acids is 3. The minimum absolute atomic E-state index is 0.0737. The molecule has 1 N–H and O–H groups in total. The summed E-state index contributed by atoms with van der Waals surface area (Å²) >= 11 is 6.81. The average Bonchev–Trinajstić information content (AvgIpc) is 2.96. The Morgan fingerprint density at radius 2 is 2.04 bits per heavy atom. The van der Waals surface area contributed by atoms with Gasteiger partial charge < -0.3 is 10.1 Å². The Morgan fingerprint density at radius 1 is 1.25 bits per heavy atom. The highest BCUT2D eigenvalue weighted by molar-refractivity contribution is 8.14. The predicted molar refractivity (Wildman–Crippen MR) is 101 cm³/mol. The molecule has 10 heteroatoms. The lowest BCUT2D eigenvalue weighted by atomic mass is 10.1. The van der Waals surface area contributed by atoms with E-state index in [-0.39, 0.29) is 34.2 Å². The van der Waals surface area contributed by atoms with Crippen molar-refractivity contribution in [2.24, 2.45) is 0 Å².